The van der Waals surface area contributed by atoms with E-state index in [0.717, 1.165) is 27.8 Å². The molecular formula is C19H21BrN2O2. The first-order chi connectivity index (χ1) is 11.6. The minimum atomic E-state index is -0.151. The number of halogens is 1. The SMILES string of the molecule is Cc1cccc(CNC(=O)NCC2COc3ccccc3C2)c1Br. The Hall–Kier alpha value is -2.01. The number of fused-ring (bicyclic) bond motifs is 1. The Labute approximate surface area is 150 Å². The van der Waals surface area contributed by atoms with Gasteiger partial charge in [0.1, 0.15) is 5.75 Å². The Morgan fingerprint density at radius 3 is 2.92 bits per heavy atom. The zero-order valence-corrected chi connectivity index (χ0v) is 15.2. The summed E-state index contributed by atoms with van der Waals surface area (Å²) >= 11 is 3.56. The molecule has 1 aliphatic rings. The first-order valence-electron chi connectivity index (χ1n) is 8.10. The first-order valence-corrected chi connectivity index (χ1v) is 8.89. The minimum absolute atomic E-state index is 0.151. The molecule has 24 heavy (non-hydrogen) atoms. The van der Waals surface area contributed by atoms with Crippen LogP contribution in [0.1, 0.15) is 16.7 Å². The van der Waals surface area contributed by atoms with Gasteiger partial charge in [0, 0.05) is 23.5 Å². The maximum atomic E-state index is 12.0. The molecule has 126 valence electrons. The Kier molecular flexibility index (Phi) is 5.41. The molecule has 1 aliphatic heterocycles. The van der Waals surface area contributed by atoms with Crippen molar-refractivity contribution in [3.8, 4) is 5.75 Å². The van der Waals surface area contributed by atoms with Crippen LogP contribution >= 0.6 is 15.9 Å². The van der Waals surface area contributed by atoms with E-state index in [-0.39, 0.29) is 6.03 Å². The fourth-order valence-corrected chi connectivity index (χ4v) is 3.25. The maximum Gasteiger partial charge on any atom is 0.315 e. The molecule has 0 bridgehead atoms. The minimum Gasteiger partial charge on any atom is -0.493 e. The second kappa shape index (κ2) is 7.71. The third-order valence-electron chi connectivity index (χ3n) is 4.22. The lowest BCUT2D eigenvalue weighted by atomic mass is 9.97. The molecule has 4 nitrogen and oxygen atoms in total. The highest BCUT2D eigenvalue weighted by Gasteiger charge is 2.19. The van der Waals surface area contributed by atoms with Gasteiger partial charge in [-0.25, -0.2) is 4.79 Å². The van der Waals surface area contributed by atoms with Crippen LogP contribution in [-0.2, 0) is 13.0 Å². The average Bonchev–Trinajstić information content (AvgIpc) is 2.61. The van der Waals surface area contributed by atoms with Crippen LogP contribution in [-0.4, -0.2) is 19.2 Å². The molecule has 2 amide bonds. The van der Waals surface area contributed by atoms with Crippen molar-refractivity contribution in [2.45, 2.75) is 19.9 Å². The van der Waals surface area contributed by atoms with Gasteiger partial charge in [0.05, 0.1) is 6.61 Å². The fourth-order valence-electron chi connectivity index (χ4n) is 2.84. The van der Waals surface area contributed by atoms with Crippen molar-refractivity contribution in [1.29, 1.82) is 0 Å². The van der Waals surface area contributed by atoms with Gasteiger partial charge < -0.3 is 15.4 Å². The summed E-state index contributed by atoms with van der Waals surface area (Å²) in [7, 11) is 0. The standard InChI is InChI=1S/C19H21BrN2O2/c1-13-5-4-7-16(18(13)20)11-22-19(23)21-10-14-9-15-6-2-3-8-17(15)24-12-14/h2-8,14H,9-12H2,1H3,(H2,21,22,23). The summed E-state index contributed by atoms with van der Waals surface area (Å²) in [5.74, 6) is 1.26. The lowest BCUT2D eigenvalue weighted by Crippen LogP contribution is -2.40. The van der Waals surface area contributed by atoms with Crippen molar-refractivity contribution in [1.82, 2.24) is 10.6 Å². The highest BCUT2D eigenvalue weighted by atomic mass is 79.9. The van der Waals surface area contributed by atoms with Crippen LogP contribution in [0.2, 0.25) is 0 Å². The number of carbonyl (C=O) groups is 1. The fraction of sp³-hybridized carbons (Fsp3) is 0.316. The van der Waals surface area contributed by atoms with Crippen LogP contribution < -0.4 is 15.4 Å². The quantitative estimate of drug-likeness (QED) is 0.836. The number of para-hydroxylation sites is 1. The lowest BCUT2D eigenvalue weighted by molar-refractivity contribution is 0.211. The molecule has 5 heteroatoms. The zero-order chi connectivity index (χ0) is 16.9. The molecule has 0 saturated carbocycles. The van der Waals surface area contributed by atoms with Gasteiger partial charge in [-0.2, -0.15) is 0 Å². The number of nitrogens with one attached hydrogen (secondary N) is 2. The van der Waals surface area contributed by atoms with E-state index in [2.05, 4.69) is 32.6 Å². The largest absolute Gasteiger partial charge is 0.493 e. The van der Waals surface area contributed by atoms with Crippen molar-refractivity contribution in [3.63, 3.8) is 0 Å². The summed E-state index contributed by atoms with van der Waals surface area (Å²) in [6.07, 6.45) is 0.930. The summed E-state index contributed by atoms with van der Waals surface area (Å²) < 4.78 is 6.79. The van der Waals surface area contributed by atoms with Gasteiger partial charge in [-0.3, -0.25) is 0 Å². The normalized spacial score (nSPS) is 16.0. The van der Waals surface area contributed by atoms with Gasteiger partial charge >= 0.3 is 6.03 Å². The Bertz CT molecular complexity index is 733. The second-order valence-electron chi connectivity index (χ2n) is 6.10. The molecule has 0 spiro atoms. The number of amides is 2. The van der Waals surface area contributed by atoms with E-state index >= 15 is 0 Å². The molecule has 0 aromatic heterocycles. The molecule has 2 aromatic rings. The number of carbonyl (C=O) groups excluding carboxylic acids is 1. The van der Waals surface area contributed by atoms with Crippen molar-refractivity contribution >= 4 is 22.0 Å². The van der Waals surface area contributed by atoms with Gasteiger partial charge in [-0.15, -0.1) is 0 Å². The van der Waals surface area contributed by atoms with Crippen LogP contribution in [0.3, 0.4) is 0 Å². The second-order valence-corrected chi connectivity index (χ2v) is 6.89. The molecule has 3 rings (SSSR count). The van der Waals surface area contributed by atoms with E-state index in [1.54, 1.807) is 0 Å². The number of hydrogen-bond donors (Lipinski definition) is 2. The maximum absolute atomic E-state index is 12.0. The summed E-state index contributed by atoms with van der Waals surface area (Å²) in [5.41, 5.74) is 3.44. The Balaban J connectivity index is 1.46. The van der Waals surface area contributed by atoms with E-state index in [4.69, 9.17) is 4.74 Å². The van der Waals surface area contributed by atoms with Gasteiger partial charge in [-0.1, -0.05) is 52.3 Å². The summed E-state index contributed by atoms with van der Waals surface area (Å²) in [5, 5.41) is 5.85. The highest BCUT2D eigenvalue weighted by molar-refractivity contribution is 9.10. The third-order valence-corrected chi connectivity index (χ3v) is 5.35. The predicted molar refractivity (Wildman–Crippen MR) is 98.2 cm³/mol. The van der Waals surface area contributed by atoms with E-state index in [1.165, 1.54) is 5.56 Å². The van der Waals surface area contributed by atoms with Crippen LogP contribution in [0.4, 0.5) is 4.79 Å². The molecule has 2 N–H and O–H groups in total. The van der Waals surface area contributed by atoms with Crippen LogP contribution in [0.25, 0.3) is 0 Å². The van der Waals surface area contributed by atoms with Crippen LogP contribution in [0, 0.1) is 12.8 Å². The van der Waals surface area contributed by atoms with Gasteiger partial charge in [0.25, 0.3) is 0 Å². The molecular weight excluding hydrogens is 368 g/mol. The number of ether oxygens (including phenoxy) is 1. The van der Waals surface area contributed by atoms with Crippen molar-refractivity contribution < 1.29 is 9.53 Å². The number of hydrogen-bond acceptors (Lipinski definition) is 2. The van der Waals surface area contributed by atoms with Crippen molar-refractivity contribution in [2.75, 3.05) is 13.2 Å². The van der Waals surface area contributed by atoms with Gasteiger partial charge in [0.2, 0.25) is 0 Å². The Morgan fingerprint density at radius 1 is 1.21 bits per heavy atom. The number of benzene rings is 2. The van der Waals surface area contributed by atoms with Crippen LogP contribution in [0.5, 0.6) is 5.75 Å². The highest BCUT2D eigenvalue weighted by Crippen LogP contribution is 2.26. The summed E-state index contributed by atoms with van der Waals surface area (Å²) in [4.78, 5) is 12.0. The molecule has 1 atom stereocenters. The smallest absolute Gasteiger partial charge is 0.315 e. The first kappa shape index (κ1) is 16.8. The van der Waals surface area contributed by atoms with E-state index in [0.29, 0.717) is 25.6 Å². The molecule has 1 unspecified atom stereocenters. The molecule has 0 radical (unpaired) electrons. The predicted octanol–water partition coefficient (Wildman–Crippen LogP) is 3.81. The molecule has 1 heterocycles. The van der Waals surface area contributed by atoms with Crippen molar-refractivity contribution in [2.24, 2.45) is 5.92 Å². The molecule has 2 aromatic carbocycles. The summed E-state index contributed by atoms with van der Waals surface area (Å²) in [6, 6.07) is 14.0. The monoisotopic (exact) mass is 388 g/mol. The van der Waals surface area contributed by atoms with E-state index < -0.39 is 0 Å². The average molecular weight is 389 g/mol. The van der Waals surface area contributed by atoms with E-state index in [9.17, 15) is 4.79 Å². The number of rotatable bonds is 4. The summed E-state index contributed by atoms with van der Waals surface area (Å²) in [6.45, 7) is 3.78. The van der Waals surface area contributed by atoms with Crippen LogP contribution in [0.15, 0.2) is 46.9 Å². The Morgan fingerprint density at radius 2 is 2.04 bits per heavy atom. The molecule has 0 fully saturated rings. The molecule has 0 saturated heterocycles. The lowest BCUT2D eigenvalue weighted by Gasteiger charge is -2.25. The third kappa shape index (κ3) is 4.09. The zero-order valence-electron chi connectivity index (χ0n) is 13.6. The topological polar surface area (TPSA) is 50.4 Å². The van der Waals surface area contributed by atoms with Crippen molar-refractivity contribution in [3.05, 3.63) is 63.6 Å². The van der Waals surface area contributed by atoms with Gasteiger partial charge in [0.15, 0.2) is 0 Å². The van der Waals surface area contributed by atoms with E-state index in [1.807, 2.05) is 43.3 Å². The van der Waals surface area contributed by atoms with Gasteiger partial charge in [-0.05, 0) is 36.1 Å². The number of urea groups is 1. The molecule has 0 aliphatic carbocycles. The number of aryl methyl sites for hydroxylation is 1.